The van der Waals surface area contributed by atoms with Gasteiger partial charge >= 0.3 is 0 Å². The quantitative estimate of drug-likeness (QED) is 0.638. The highest BCUT2D eigenvalue weighted by Gasteiger charge is 2.19. The molecule has 0 aromatic carbocycles. The fourth-order valence-electron chi connectivity index (χ4n) is 3.60. The number of rotatable bonds is 3. The van der Waals surface area contributed by atoms with Gasteiger partial charge in [-0.05, 0) is 42.7 Å². The maximum Gasteiger partial charge on any atom is 0.0466 e. The summed E-state index contributed by atoms with van der Waals surface area (Å²) in [5.74, 6) is 1.38. The summed E-state index contributed by atoms with van der Waals surface area (Å²) in [6, 6.07) is 4.50. The highest BCUT2D eigenvalue weighted by Crippen LogP contribution is 2.35. The monoisotopic (exact) mass is 273 g/mol. The zero-order valence-corrected chi connectivity index (χ0v) is 13.4. The Bertz CT molecular complexity index is 385. The molecule has 1 heterocycles. The number of nitrogens with zero attached hydrogens (tertiary/aromatic N) is 1. The van der Waals surface area contributed by atoms with E-state index in [-0.39, 0.29) is 0 Å². The third kappa shape index (κ3) is 4.33. The molecule has 1 aromatic heterocycles. The summed E-state index contributed by atoms with van der Waals surface area (Å²) in [6.07, 6.45) is 15.7. The lowest BCUT2D eigenvalue weighted by Crippen LogP contribution is -2.08. The Morgan fingerprint density at radius 2 is 1.85 bits per heavy atom. The molecule has 1 aromatic rings. The molecule has 2 rings (SSSR count). The van der Waals surface area contributed by atoms with Crippen molar-refractivity contribution in [3.63, 3.8) is 0 Å². The minimum atomic E-state index is 0.633. The second-order valence-electron chi connectivity index (χ2n) is 6.56. The van der Waals surface area contributed by atoms with Gasteiger partial charge in [0.05, 0.1) is 0 Å². The van der Waals surface area contributed by atoms with E-state index in [9.17, 15) is 0 Å². The number of unbranched alkanes of at least 4 members (excludes halogenated alkanes) is 1. The van der Waals surface area contributed by atoms with Crippen LogP contribution in [0.4, 0.5) is 0 Å². The highest BCUT2D eigenvalue weighted by atomic mass is 14.7. The molecule has 20 heavy (non-hydrogen) atoms. The van der Waals surface area contributed by atoms with Crippen molar-refractivity contribution >= 4 is 0 Å². The first-order chi connectivity index (χ1) is 9.83. The van der Waals surface area contributed by atoms with Gasteiger partial charge in [-0.3, -0.25) is 4.98 Å². The van der Waals surface area contributed by atoms with E-state index < -0.39 is 0 Å². The smallest absolute Gasteiger partial charge is 0.0466 e. The molecule has 1 aliphatic carbocycles. The number of aromatic nitrogens is 1. The molecule has 0 amide bonds. The lowest BCUT2D eigenvalue weighted by Gasteiger charge is -2.22. The first-order valence-corrected chi connectivity index (χ1v) is 8.77. The molecule has 2 unspecified atom stereocenters. The van der Waals surface area contributed by atoms with Crippen LogP contribution in [-0.2, 0) is 0 Å². The SMILES string of the molecule is CCCCC1CCCCCCCC(C)c2ncccc21. The molecule has 1 heteroatoms. The minimum Gasteiger partial charge on any atom is -0.261 e. The maximum absolute atomic E-state index is 4.76. The number of hydrogen-bond donors (Lipinski definition) is 0. The Labute approximate surface area is 125 Å². The maximum atomic E-state index is 4.76. The predicted octanol–water partition coefficient (Wildman–Crippen LogP) is 6.20. The van der Waals surface area contributed by atoms with Crippen molar-refractivity contribution in [3.8, 4) is 0 Å². The van der Waals surface area contributed by atoms with Crippen LogP contribution < -0.4 is 0 Å². The molecule has 2 atom stereocenters. The fourth-order valence-corrected chi connectivity index (χ4v) is 3.60. The van der Waals surface area contributed by atoms with E-state index in [0.717, 1.165) is 5.92 Å². The van der Waals surface area contributed by atoms with E-state index in [0.29, 0.717) is 5.92 Å². The Balaban J connectivity index is 2.22. The normalized spacial score (nSPS) is 24.7. The minimum absolute atomic E-state index is 0.633. The molecule has 0 bridgehead atoms. The highest BCUT2D eigenvalue weighted by molar-refractivity contribution is 5.27. The molecular weight excluding hydrogens is 242 g/mol. The van der Waals surface area contributed by atoms with Crippen LogP contribution in [0.3, 0.4) is 0 Å². The molecule has 0 radical (unpaired) electrons. The lowest BCUT2D eigenvalue weighted by atomic mass is 9.85. The summed E-state index contributed by atoms with van der Waals surface area (Å²) in [4.78, 5) is 4.76. The average molecular weight is 273 g/mol. The molecule has 0 fully saturated rings. The third-order valence-electron chi connectivity index (χ3n) is 4.87. The fraction of sp³-hybridized carbons (Fsp3) is 0.737. The van der Waals surface area contributed by atoms with Gasteiger partial charge in [-0.2, -0.15) is 0 Å². The summed E-state index contributed by atoms with van der Waals surface area (Å²) in [6.45, 7) is 4.68. The molecule has 0 saturated heterocycles. The van der Waals surface area contributed by atoms with Crippen LogP contribution in [0, 0.1) is 0 Å². The van der Waals surface area contributed by atoms with Gasteiger partial charge in [-0.15, -0.1) is 0 Å². The lowest BCUT2D eigenvalue weighted by molar-refractivity contribution is 0.504. The molecular formula is C19H31N. The van der Waals surface area contributed by atoms with Crippen molar-refractivity contribution in [3.05, 3.63) is 29.6 Å². The Kier molecular flexibility index (Phi) is 6.56. The summed E-state index contributed by atoms with van der Waals surface area (Å²) >= 11 is 0. The van der Waals surface area contributed by atoms with Crippen LogP contribution in [-0.4, -0.2) is 4.98 Å². The summed E-state index contributed by atoms with van der Waals surface area (Å²) < 4.78 is 0. The van der Waals surface area contributed by atoms with Crippen LogP contribution in [0.1, 0.15) is 101 Å². The second-order valence-corrected chi connectivity index (χ2v) is 6.56. The zero-order valence-electron chi connectivity index (χ0n) is 13.4. The number of pyridine rings is 1. The first kappa shape index (κ1) is 15.5. The number of fused-ring (bicyclic) bond motifs is 1. The summed E-state index contributed by atoms with van der Waals surface area (Å²) in [5, 5.41) is 0. The van der Waals surface area contributed by atoms with Gasteiger partial charge in [0.15, 0.2) is 0 Å². The van der Waals surface area contributed by atoms with Gasteiger partial charge in [-0.25, -0.2) is 0 Å². The molecule has 0 saturated carbocycles. The van der Waals surface area contributed by atoms with Gasteiger partial charge in [-0.1, -0.05) is 64.9 Å². The number of hydrogen-bond acceptors (Lipinski definition) is 1. The van der Waals surface area contributed by atoms with Crippen molar-refractivity contribution in [2.45, 2.75) is 89.9 Å². The standard InChI is InChI=1S/C19H31N/c1-3-4-12-17-13-9-7-5-6-8-11-16(2)19-18(17)14-10-15-20-19/h10,14-17H,3-9,11-13H2,1-2H3. The second kappa shape index (κ2) is 8.44. The molecule has 1 nitrogen and oxygen atoms in total. The molecule has 0 N–H and O–H groups in total. The molecule has 112 valence electrons. The van der Waals surface area contributed by atoms with Crippen LogP contribution in [0.15, 0.2) is 18.3 Å². The molecule has 0 aliphatic heterocycles. The van der Waals surface area contributed by atoms with Gasteiger partial charge < -0.3 is 0 Å². The van der Waals surface area contributed by atoms with Gasteiger partial charge in [0, 0.05) is 11.9 Å². The first-order valence-electron chi connectivity index (χ1n) is 8.77. The van der Waals surface area contributed by atoms with E-state index >= 15 is 0 Å². The molecule has 1 aliphatic rings. The van der Waals surface area contributed by atoms with Crippen molar-refractivity contribution in [1.29, 1.82) is 0 Å². The van der Waals surface area contributed by atoms with Crippen molar-refractivity contribution in [2.75, 3.05) is 0 Å². The molecule has 0 spiro atoms. The van der Waals surface area contributed by atoms with Gasteiger partial charge in [0.1, 0.15) is 0 Å². The van der Waals surface area contributed by atoms with Gasteiger partial charge in [0.2, 0.25) is 0 Å². The Hall–Kier alpha value is -0.850. The summed E-state index contributed by atoms with van der Waals surface area (Å²) in [7, 11) is 0. The van der Waals surface area contributed by atoms with Crippen LogP contribution in [0.5, 0.6) is 0 Å². The summed E-state index contributed by atoms with van der Waals surface area (Å²) in [5.41, 5.74) is 2.96. The van der Waals surface area contributed by atoms with Crippen molar-refractivity contribution in [1.82, 2.24) is 4.98 Å². The van der Waals surface area contributed by atoms with E-state index in [2.05, 4.69) is 26.0 Å². The van der Waals surface area contributed by atoms with Crippen LogP contribution in [0.25, 0.3) is 0 Å². The zero-order chi connectivity index (χ0) is 14.2. The largest absolute Gasteiger partial charge is 0.261 e. The third-order valence-corrected chi connectivity index (χ3v) is 4.87. The van der Waals surface area contributed by atoms with E-state index in [1.165, 1.54) is 69.9 Å². The van der Waals surface area contributed by atoms with E-state index in [4.69, 9.17) is 4.98 Å². The van der Waals surface area contributed by atoms with E-state index in [1.807, 2.05) is 6.20 Å². The van der Waals surface area contributed by atoms with Crippen molar-refractivity contribution in [2.24, 2.45) is 0 Å². The topological polar surface area (TPSA) is 12.9 Å². The van der Waals surface area contributed by atoms with Gasteiger partial charge in [0.25, 0.3) is 0 Å². The van der Waals surface area contributed by atoms with Crippen LogP contribution in [0.2, 0.25) is 0 Å². The van der Waals surface area contributed by atoms with E-state index in [1.54, 1.807) is 5.56 Å². The van der Waals surface area contributed by atoms with Crippen molar-refractivity contribution < 1.29 is 0 Å². The average Bonchev–Trinajstić information content (AvgIpc) is 2.51. The Morgan fingerprint density at radius 3 is 2.65 bits per heavy atom. The predicted molar refractivity (Wildman–Crippen MR) is 87.2 cm³/mol. The van der Waals surface area contributed by atoms with Crippen LogP contribution >= 0.6 is 0 Å². The Morgan fingerprint density at radius 1 is 1.10 bits per heavy atom.